The second-order valence-electron chi connectivity index (χ2n) is 4.62. The van der Waals surface area contributed by atoms with Crippen molar-refractivity contribution in [3.8, 4) is 0 Å². The van der Waals surface area contributed by atoms with Gasteiger partial charge in [-0.2, -0.15) is 5.10 Å². The zero-order valence-corrected chi connectivity index (χ0v) is 10.9. The van der Waals surface area contributed by atoms with Crippen LogP contribution in [0.2, 0.25) is 0 Å². The summed E-state index contributed by atoms with van der Waals surface area (Å²) in [6, 6.07) is 9.43. The molecular formula is C14H18N2O3. The van der Waals surface area contributed by atoms with E-state index in [0.717, 1.165) is 5.56 Å². The Hall–Kier alpha value is -1.72. The van der Waals surface area contributed by atoms with Crippen molar-refractivity contribution in [2.75, 3.05) is 6.54 Å². The van der Waals surface area contributed by atoms with Crippen molar-refractivity contribution in [2.45, 2.75) is 32.0 Å². The third kappa shape index (κ3) is 3.19. The maximum absolute atomic E-state index is 11.8. The number of carbonyl (C=O) groups is 1. The van der Waals surface area contributed by atoms with Crippen LogP contribution in [0.5, 0.6) is 0 Å². The minimum Gasteiger partial charge on any atom is -0.391 e. The number of rotatable bonds is 4. The number of hydrazone groups is 1. The summed E-state index contributed by atoms with van der Waals surface area (Å²) in [6.07, 6.45) is -0.968. The van der Waals surface area contributed by atoms with Crippen molar-refractivity contribution in [3.05, 3.63) is 35.9 Å². The van der Waals surface area contributed by atoms with E-state index in [4.69, 9.17) is 0 Å². The fourth-order valence-corrected chi connectivity index (χ4v) is 1.94. The summed E-state index contributed by atoms with van der Waals surface area (Å²) in [5.41, 5.74) is 1.54. The highest BCUT2D eigenvalue weighted by molar-refractivity contribution is 6.05. The summed E-state index contributed by atoms with van der Waals surface area (Å²) in [6.45, 7) is 1.94. The van der Waals surface area contributed by atoms with E-state index in [2.05, 4.69) is 5.10 Å². The van der Waals surface area contributed by atoms with Gasteiger partial charge in [-0.15, -0.1) is 0 Å². The average molecular weight is 262 g/mol. The lowest BCUT2D eigenvalue weighted by atomic mass is 10.0. The van der Waals surface area contributed by atoms with Gasteiger partial charge in [0.05, 0.1) is 18.4 Å². The Kier molecular flexibility index (Phi) is 4.29. The molecule has 1 aromatic rings. The van der Waals surface area contributed by atoms with E-state index in [9.17, 15) is 15.0 Å². The van der Waals surface area contributed by atoms with Gasteiger partial charge in [0.1, 0.15) is 6.10 Å². The first-order chi connectivity index (χ1) is 9.11. The molecule has 1 aliphatic rings. The monoisotopic (exact) mass is 262 g/mol. The quantitative estimate of drug-likeness (QED) is 0.841. The van der Waals surface area contributed by atoms with Gasteiger partial charge in [0.2, 0.25) is 0 Å². The molecule has 0 radical (unpaired) electrons. The fourth-order valence-electron chi connectivity index (χ4n) is 1.94. The third-order valence-electron chi connectivity index (χ3n) is 3.13. The van der Waals surface area contributed by atoms with Crippen LogP contribution >= 0.6 is 0 Å². The van der Waals surface area contributed by atoms with Crippen LogP contribution in [0.4, 0.5) is 0 Å². The summed E-state index contributed by atoms with van der Waals surface area (Å²) in [7, 11) is 0. The van der Waals surface area contributed by atoms with Crippen molar-refractivity contribution in [2.24, 2.45) is 5.10 Å². The molecule has 102 valence electrons. The van der Waals surface area contributed by atoms with Crippen LogP contribution in [0.1, 0.15) is 25.3 Å². The van der Waals surface area contributed by atoms with Gasteiger partial charge in [0.15, 0.2) is 0 Å². The number of carbonyl (C=O) groups excluding carboxylic acids is 1. The molecule has 2 rings (SSSR count). The molecule has 1 aliphatic heterocycles. The third-order valence-corrected chi connectivity index (χ3v) is 3.13. The smallest absolute Gasteiger partial charge is 0.271 e. The molecule has 0 fully saturated rings. The van der Waals surface area contributed by atoms with Crippen LogP contribution in [0.25, 0.3) is 0 Å². The van der Waals surface area contributed by atoms with Gasteiger partial charge in [0, 0.05) is 6.42 Å². The van der Waals surface area contributed by atoms with Crippen LogP contribution in [0, 0.1) is 0 Å². The number of aliphatic hydroxyl groups excluding tert-OH is 2. The molecule has 5 nitrogen and oxygen atoms in total. The fraction of sp³-hybridized carbons (Fsp3) is 0.429. The molecule has 0 saturated carbocycles. The predicted octanol–water partition coefficient (Wildman–Crippen LogP) is 0.755. The highest BCUT2D eigenvalue weighted by Crippen LogP contribution is 2.16. The first-order valence-electron chi connectivity index (χ1n) is 6.42. The van der Waals surface area contributed by atoms with Gasteiger partial charge in [-0.25, -0.2) is 5.01 Å². The topological polar surface area (TPSA) is 73.1 Å². The molecule has 1 aromatic carbocycles. The predicted molar refractivity (Wildman–Crippen MR) is 71.6 cm³/mol. The normalized spacial score (nSPS) is 21.2. The summed E-state index contributed by atoms with van der Waals surface area (Å²) in [5, 5.41) is 24.9. The van der Waals surface area contributed by atoms with Gasteiger partial charge < -0.3 is 10.2 Å². The summed E-state index contributed by atoms with van der Waals surface area (Å²) < 4.78 is 0. The lowest BCUT2D eigenvalue weighted by molar-refractivity contribution is -0.142. The largest absolute Gasteiger partial charge is 0.391 e. The molecule has 2 N–H and O–H groups in total. The van der Waals surface area contributed by atoms with Crippen LogP contribution in [-0.2, 0) is 4.79 Å². The standard InChI is InChI=1S/C14H18N2O3/c1-2-11(17)9-16-14(19)13(18)8-12(15-16)10-6-4-3-5-7-10/h3-7,11,13,17-18H,2,8-9H2,1H3. The van der Waals surface area contributed by atoms with Crippen LogP contribution in [0.15, 0.2) is 35.4 Å². The Bertz CT molecular complexity index is 473. The first-order valence-corrected chi connectivity index (χ1v) is 6.42. The average Bonchev–Trinajstić information content (AvgIpc) is 2.44. The zero-order valence-electron chi connectivity index (χ0n) is 10.9. The van der Waals surface area contributed by atoms with Gasteiger partial charge >= 0.3 is 0 Å². The number of amides is 1. The molecule has 0 aliphatic carbocycles. The molecule has 5 heteroatoms. The van der Waals surface area contributed by atoms with Crippen LogP contribution < -0.4 is 0 Å². The van der Waals surface area contributed by atoms with E-state index in [1.165, 1.54) is 5.01 Å². The number of hydrogen-bond acceptors (Lipinski definition) is 4. The van der Waals surface area contributed by atoms with E-state index in [1.807, 2.05) is 37.3 Å². The summed E-state index contributed by atoms with van der Waals surface area (Å²) in [5.74, 6) is -0.452. The lowest BCUT2D eigenvalue weighted by Gasteiger charge is -2.28. The Balaban J connectivity index is 2.24. The molecule has 19 heavy (non-hydrogen) atoms. The molecule has 2 atom stereocenters. The minimum atomic E-state index is -1.09. The highest BCUT2D eigenvalue weighted by Gasteiger charge is 2.30. The van der Waals surface area contributed by atoms with Crippen molar-refractivity contribution in [1.82, 2.24) is 5.01 Å². The second-order valence-corrected chi connectivity index (χ2v) is 4.62. The lowest BCUT2D eigenvalue weighted by Crippen LogP contribution is -2.45. The van der Waals surface area contributed by atoms with Crippen molar-refractivity contribution in [1.29, 1.82) is 0 Å². The molecule has 2 unspecified atom stereocenters. The first kappa shape index (κ1) is 13.7. The molecule has 1 amide bonds. The number of aliphatic hydroxyl groups is 2. The van der Waals surface area contributed by atoms with Crippen LogP contribution in [0.3, 0.4) is 0 Å². The van der Waals surface area contributed by atoms with E-state index < -0.39 is 18.1 Å². The zero-order chi connectivity index (χ0) is 13.8. The van der Waals surface area contributed by atoms with Gasteiger partial charge in [-0.3, -0.25) is 4.79 Å². The van der Waals surface area contributed by atoms with E-state index in [1.54, 1.807) is 0 Å². The number of β-amino-alcohol motifs (C(OH)–C–C–N with tert-alkyl or cyclic N) is 1. The molecule has 0 saturated heterocycles. The molecule has 1 heterocycles. The number of hydrogen-bond donors (Lipinski definition) is 2. The van der Waals surface area contributed by atoms with E-state index >= 15 is 0 Å². The number of benzene rings is 1. The molecular weight excluding hydrogens is 244 g/mol. The Labute approximate surface area is 112 Å². The van der Waals surface area contributed by atoms with E-state index in [-0.39, 0.29) is 13.0 Å². The second kappa shape index (κ2) is 5.95. The highest BCUT2D eigenvalue weighted by atomic mass is 16.3. The Morgan fingerprint density at radius 1 is 1.42 bits per heavy atom. The maximum Gasteiger partial charge on any atom is 0.271 e. The van der Waals surface area contributed by atoms with Crippen molar-refractivity contribution in [3.63, 3.8) is 0 Å². The molecule has 0 spiro atoms. The minimum absolute atomic E-state index is 0.114. The van der Waals surface area contributed by atoms with Gasteiger partial charge in [-0.05, 0) is 12.0 Å². The molecule has 0 aromatic heterocycles. The Morgan fingerprint density at radius 2 is 2.11 bits per heavy atom. The van der Waals surface area contributed by atoms with Crippen LogP contribution in [-0.4, -0.2) is 45.6 Å². The summed E-state index contributed by atoms with van der Waals surface area (Å²) in [4.78, 5) is 11.8. The van der Waals surface area contributed by atoms with Gasteiger partial charge in [-0.1, -0.05) is 37.3 Å². The maximum atomic E-state index is 11.8. The summed E-state index contributed by atoms with van der Waals surface area (Å²) >= 11 is 0. The van der Waals surface area contributed by atoms with E-state index in [0.29, 0.717) is 12.1 Å². The Morgan fingerprint density at radius 3 is 2.74 bits per heavy atom. The number of nitrogens with zero attached hydrogens (tertiary/aromatic N) is 2. The van der Waals surface area contributed by atoms with Crippen molar-refractivity contribution >= 4 is 11.6 Å². The van der Waals surface area contributed by atoms with Gasteiger partial charge in [0.25, 0.3) is 5.91 Å². The molecule has 0 bridgehead atoms. The van der Waals surface area contributed by atoms with Crippen molar-refractivity contribution < 1.29 is 15.0 Å². The SMILES string of the molecule is CCC(O)CN1N=C(c2ccccc2)CC(O)C1=O.